The molecule has 0 spiro atoms. The van der Waals surface area contributed by atoms with Gasteiger partial charge in [-0.3, -0.25) is 14.4 Å². The summed E-state index contributed by atoms with van der Waals surface area (Å²) in [7, 11) is 1.27. The minimum absolute atomic E-state index is 0.106. The van der Waals surface area contributed by atoms with Crippen LogP contribution in [0, 0.1) is 11.3 Å². The highest BCUT2D eigenvalue weighted by Gasteiger charge is 2.51. The lowest BCUT2D eigenvalue weighted by molar-refractivity contribution is -0.181. The Bertz CT molecular complexity index is 561. The second-order valence-corrected chi connectivity index (χ2v) is 5.61. The number of carbonyl (C=O) groups is 3. The van der Waals surface area contributed by atoms with Gasteiger partial charge in [-0.1, -0.05) is 30.3 Å². The number of carbonyl (C=O) groups excluding carboxylic acids is 3. The Labute approximate surface area is 123 Å². The largest absolute Gasteiger partial charge is 0.469 e. The van der Waals surface area contributed by atoms with Crippen LogP contribution < -0.4 is 0 Å². The third-order valence-electron chi connectivity index (χ3n) is 3.80. The first-order valence-corrected chi connectivity index (χ1v) is 6.75. The molecular formula is C16H18O5. The minimum atomic E-state index is -1.25. The highest BCUT2D eigenvalue weighted by atomic mass is 16.6. The van der Waals surface area contributed by atoms with Crippen molar-refractivity contribution in [1.29, 1.82) is 0 Å². The van der Waals surface area contributed by atoms with Gasteiger partial charge in [0.25, 0.3) is 0 Å². The van der Waals surface area contributed by atoms with E-state index in [0.717, 1.165) is 0 Å². The molecule has 2 rings (SSSR count). The van der Waals surface area contributed by atoms with Crippen LogP contribution in [0.4, 0.5) is 0 Å². The van der Waals surface area contributed by atoms with Crippen molar-refractivity contribution < 1.29 is 23.9 Å². The van der Waals surface area contributed by atoms with Crippen molar-refractivity contribution in [3.05, 3.63) is 35.9 Å². The molecule has 5 heteroatoms. The summed E-state index contributed by atoms with van der Waals surface area (Å²) in [5.41, 5.74) is -0.548. The summed E-state index contributed by atoms with van der Waals surface area (Å²) in [6, 6.07) is 8.96. The molecule has 1 fully saturated rings. The molecule has 0 bridgehead atoms. The molecule has 0 amide bonds. The molecule has 0 aromatic heterocycles. The number of esters is 2. The molecule has 1 heterocycles. The number of hydrogen-bond donors (Lipinski definition) is 0. The Kier molecular flexibility index (Phi) is 4.11. The predicted molar refractivity (Wildman–Crippen MR) is 74.2 cm³/mol. The topological polar surface area (TPSA) is 69.7 Å². The van der Waals surface area contributed by atoms with Gasteiger partial charge in [-0.15, -0.1) is 0 Å². The van der Waals surface area contributed by atoms with Crippen molar-refractivity contribution in [2.75, 3.05) is 7.11 Å². The normalized spacial score (nSPS) is 24.3. The van der Waals surface area contributed by atoms with Crippen LogP contribution in [-0.2, 0) is 23.9 Å². The van der Waals surface area contributed by atoms with E-state index >= 15 is 0 Å². The lowest BCUT2D eigenvalue weighted by Gasteiger charge is -2.37. The van der Waals surface area contributed by atoms with Crippen molar-refractivity contribution in [2.24, 2.45) is 11.3 Å². The molecule has 1 saturated heterocycles. The van der Waals surface area contributed by atoms with Gasteiger partial charge in [-0.25, -0.2) is 0 Å². The van der Waals surface area contributed by atoms with E-state index in [4.69, 9.17) is 4.74 Å². The first-order valence-electron chi connectivity index (χ1n) is 6.75. The molecule has 0 aliphatic carbocycles. The fourth-order valence-electron chi connectivity index (χ4n) is 2.45. The van der Waals surface area contributed by atoms with Gasteiger partial charge >= 0.3 is 11.9 Å². The Morgan fingerprint density at radius 1 is 1.24 bits per heavy atom. The first-order chi connectivity index (χ1) is 9.87. The van der Waals surface area contributed by atoms with Crippen LogP contribution in [0.2, 0.25) is 0 Å². The van der Waals surface area contributed by atoms with Crippen molar-refractivity contribution >= 4 is 17.7 Å². The third kappa shape index (κ3) is 2.82. The standard InChI is InChI=1S/C16H18O5/c1-16(2)14(18)11(9-12(17)20-3)13(21-15(16)19)10-7-5-4-6-8-10/h4-8,11,13H,9H2,1-3H3/t11-,13-/m0/s1. The molecule has 112 valence electrons. The van der Waals surface area contributed by atoms with E-state index in [2.05, 4.69) is 4.74 Å². The number of methoxy groups -OCH3 is 1. The molecule has 0 radical (unpaired) electrons. The number of ketones is 1. The fraction of sp³-hybridized carbons (Fsp3) is 0.438. The zero-order valence-corrected chi connectivity index (χ0v) is 12.3. The number of cyclic esters (lactones) is 1. The number of hydrogen-bond acceptors (Lipinski definition) is 5. The van der Waals surface area contributed by atoms with E-state index in [-0.39, 0.29) is 12.2 Å². The van der Waals surface area contributed by atoms with E-state index in [1.807, 2.05) is 6.07 Å². The van der Waals surface area contributed by atoms with Gasteiger partial charge in [-0.05, 0) is 19.4 Å². The Morgan fingerprint density at radius 2 is 1.86 bits per heavy atom. The Morgan fingerprint density at radius 3 is 2.43 bits per heavy atom. The van der Waals surface area contributed by atoms with Gasteiger partial charge in [-0.2, -0.15) is 0 Å². The molecule has 1 aliphatic heterocycles. The minimum Gasteiger partial charge on any atom is -0.469 e. The van der Waals surface area contributed by atoms with Crippen molar-refractivity contribution in [3.8, 4) is 0 Å². The van der Waals surface area contributed by atoms with Gasteiger partial charge in [0.15, 0.2) is 5.78 Å². The lowest BCUT2D eigenvalue weighted by Crippen LogP contribution is -2.48. The Hall–Kier alpha value is -2.17. The summed E-state index contributed by atoms with van der Waals surface area (Å²) in [6.45, 7) is 3.03. The SMILES string of the molecule is COC(=O)C[C@@H]1C(=O)C(C)(C)C(=O)O[C@H]1c1ccccc1. The number of benzene rings is 1. The molecule has 0 N–H and O–H groups in total. The van der Waals surface area contributed by atoms with Crippen LogP contribution in [0.3, 0.4) is 0 Å². The molecule has 0 unspecified atom stereocenters. The van der Waals surface area contributed by atoms with Crippen LogP contribution in [-0.4, -0.2) is 24.8 Å². The fourth-order valence-corrected chi connectivity index (χ4v) is 2.45. The molecule has 1 aromatic rings. The Balaban J connectivity index is 2.39. The van der Waals surface area contributed by atoms with E-state index < -0.39 is 29.4 Å². The zero-order valence-electron chi connectivity index (χ0n) is 12.3. The summed E-state index contributed by atoms with van der Waals surface area (Å²) in [5, 5.41) is 0. The maximum Gasteiger partial charge on any atom is 0.319 e. The molecule has 0 saturated carbocycles. The molecule has 1 aromatic carbocycles. The molecular weight excluding hydrogens is 272 g/mol. The van der Waals surface area contributed by atoms with Crippen molar-refractivity contribution in [2.45, 2.75) is 26.4 Å². The predicted octanol–water partition coefficient (Wildman–Crippen LogP) is 2.06. The summed E-state index contributed by atoms with van der Waals surface area (Å²) >= 11 is 0. The number of ether oxygens (including phenoxy) is 2. The zero-order chi connectivity index (χ0) is 15.6. The number of Topliss-reactive ketones (excluding diaryl/α,β-unsaturated/α-hetero) is 1. The van der Waals surface area contributed by atoms with Gasteiger partial charge in [0.1, 0.15) is 11.5 Å². The number of rotatable bonds is 3. The van der Waals surface area contributed by atoms with Crippen LogP contribution in [0.5, 0.6) is 0 Å². The maximum absolute atomic E-state index is 12.6. The van der Waals surface area contributed by atoms with Gasteiger partial charge in [0.05, 0.1) is 19.4 Å². The van der Waals surface area contributed by atoms with E-state index in [0.29, 0.717) is 5.56 Å². The third-order valence-corrected chi connectivity index (χ3v) is 3.80. The molecule has 2 atom stereocenters. The summed E-state index contributed by atoms with van der Waals surface area (Å²) in [4.78, 5) is 36.2. The second-order valence-electron chi connectivity index (χ2n) is 5.61. The molecule has 5 nitrogen and oxygen atoms in total. The summed E-state index contributed by atoms with van der Waals surface area (Å²) in [5.74, 6) is -2.09. The lowest BCUT2D eigenvalue weighted by atomic mass is 9.74. The summed E-state index contributed by atoms with van der Waals surface area (Å²) in [6.07, 6.45) is -0.857. The van der Waals surface area contributed by atoms with Crippen LogP contribution in [0.25, 0.3) is 0 Å². The summed E-state index contributed by atoms with van der Waals surface area (Å²) < 4.78 is 10.1. The average molecular weight is 290 g/mol. The first kappa shape index (κ1) is 15.2. The monoisotopic (exact) mass is 290 g/mol. The van der Waals surface area contributed by atoms with Crippen molar-refractivity contribution in [1.82, 2.24) is 0 Å². The average Bonchev–Trinajstić information content (AvgIpc) is 2.49. The quantitative estimate of drug-likeness (QED) is 0.629. The van der Waals surface area contributed by atoms with Crippen molar-refractivity contribution in [3.63, 3.8) is 0 Å². The van der Waals surface area contributed by atoms with E-state index in [9.17, 15) is 14.4 Å². The second kappa shape index (κ2) is 5.68. The van der Waals surface area contributed by atoms with Crippen LogP contribution >= 0.6 is 0 Å². The highest BCUT2D eigenvalue weighted by Crippen LogP contribution is 2.41. The smallest absolute Gasteiger partial charge is 0.319 e. The van der Waals surface area contributed by atoms with E-state index in [1.54, 1.807) is 24.3 Å². The van der Waals surface area contributed by atoms with Gasteiger partial charge in [0, 0.05) is 0 Å². The van der Waals surface area contributed by atoms with Crippen LogP contribution in [0.1, 0.15) is 31.9 Å². The van der Waals surface area contributed by atoms with Gasteiger partial charge in [0.2, 0.25) is 0 Å². The molecule has 21 heavy (non-hydrogen) atoms. The molecule has 1 aliphatic rings. The van der Waals surface area contributed by atoms with Gasteiger partial charge < -0.3 is 9.47 Å². The maximum atomic E-state index is 12.6. The van der Waals surface area contributed by atoms with E-state index in [1.165, 1.54) is 21.0 Å². The highest BCUT2D eigenvalue weighted by molar-refractivity contribution is 6.07. The van der Waals surface area contributed by atoms with Crippen LogP contribution in [0.15, 0.2) is 30.3 Å².